The van der Waals surface area contributed by atoms with Crippen molar-refractivity contribution in [2.24, 2.45) is 5.92 Å². The number of benzene rings is 3. The Balaban J connectivity index is 1.15. The molecule has 0 spiro atoms. The summed E-state index contributed by atoms with van der Waals surface area (Å²) in [4.78, 5) is 42.0. The Kier molecular flexibility index (Phi) is 10.8. The maximum absolute atomic E-state index is 14.5. The van der Waals surface area contributed by atoms with Crippen LogP contribution in [0, 0.1) is 5.92 Å². The topological polar surface area (TPSA) is 154 Å². The van der Waals surface area contributed by atoms with E-state index in [4.69, 9.17) is 9.47 Å². The quantitative estimate of drug-likeness (QED) is 0.150. The fourth-order valence-corrected chi connectivity index (χ4v) is 7.14. The third-order valence-corrected chi connectivity index (χ3v) is 10.3. The van der Waals surface area contributed by atoms with Crippen LogP contribution in [-0.2, 0) is 23.5 Å². The van der Waals surface area contributed by atoms with Gasteiger partial charge in [0.1, 0.15) is 0 Å². The number of hydrogen-bond acceptors (Lipinski definition) is 9. The third-order valence-electron chi connectivity index (χ3n) is 10.3. The van der Waals surface area contributed by atoms with Crippen molar-refractivity contribution in [2.45, 2.75) is 38.0 Å². The Hall–Kier alpha value is -6.57. The van der Waals surface area contributed by atoms with Crippen molar-refractivity contribution in [1.29, 1.82) is 0 Å². The molecule has 0 saturated carbocycles. The molecule has 13 nitrogen and oxygen atoms in total. The highest BCUT2D eigenvalue weighted by atomic mass is 16.5. The summed E-state index contributed by atoms with van der Waals surface area (Å²) < 4.78 is 15.0. The zero-order valence-corrected chi connectivity index (χ0v) is 31.2. The molecule has 3 aromatic carbocycles. The molecule has 0 saturated heterocycles. The number of aliphatic hydroxyl groups excluding tert-OH is 1. The maximum atomic E-state index is 14.5. The third kappa shape index (κ3) is 7.05. The number of carbonyl (C=O) groups is 1. The standard InChI is InChI=1S/C43H42N6O7/c1-29(11-7-8-22-46-27-36(44-45-46)34(28-50)31-12-5-4-6-13-31)43(54)35-25-33(48-24-10-15-39(56-3)41(48)52)20-21-37(35)49(42(43)53)26-30-16-18-32(19-17-30)47-23-9-14-38(55-2)40(47)51/h4-7,9-21,23-25,27,29,34,50,54H,8,22,26,28H2,1-3H3/b11-7+/t29-,34?,43+/m1/s1. The van der Waals surface area contributed by atoms with Crippen molar-refractivity contribution in [1.82, 2.24) is 24.1 Å². The molecule has 0 fully saturated rings. The molecule has 0 bridgehead atoms. The molecule has 7 rings (SSSR count). The van der Waals surface area contributed by atoms with Crippen molar-refractivity contribution in [3.63, 3.8) is 0 Å². The summed E-state index contributed by atoms with van der Waals surface area (Å²) in [6.07, 6.45) is 9.32. The maximum Gasteiger partial charge on any atom is 0.297 e. The molecule has 13 heteroatoms. The monoisotopic (exact) mass is 754 g/mol. The molecular weight excluding hydrogens is 713 g/mol. The molecule has 3 aromatic heterocycles. The number of ether oxygens (including phenoxy) is 2. The zero-order chi connectivity index (χ0) is 39.4. The van der Waals surface area contributed by atoms with Crippen molar-refractivity contribution < 1.29 is 24.5 Å². The summed E-state index contributed by atoms with van der Waals surface area (Å²) in [5.41, 5.74) is 1.69. The lowest BCUT2D eigenvalue weighted by Crippen LogP contribution is -2.44. The number of fused-ring (bicyclic) bond motifs is 1. The van der Waals surface area contributed by atoms with Gasteiger partial charge in [-0.2, -0.15) is 0 Å². The molecule has 2 N–H and O–H groups in total. The van der Waals surface area contributed by atoms with Crippen molar-refractivity contribution in [2.75, 3.05) is 25.7 Å². The molecule has 1 amide bonds. The first kappa shape index (κ1) is 37.7. The number of aromatic nitrogens is 5. The van der Waals surface area contributed by atoms with Gasteiger partial charge >= 0.3 is 0 Å². The molecule has 4 heterocycles. The number of nitrogens with zero attached hydrogens (tertiary/aromatic N) is 6. The van der Waals surface area contributed by atoms with Gasteiger partial charge in [0.2, 0.25) is 0 Å². The van der Waals surface area contributed by atoms with Crippen molar-refractivity contribution in [3.05, 3.63) is 171 Å². The molecule has 3 atom stereocenters. The molecule has 286 valence electrons. The number of carbonyl (C=O) groups excluding carboxylic acids is 1. The van der Waals surface area contributed by atoms with E-state index >= 15 is 0 Å². The minimum atomic E-state index is -1.97. The number of hydrogen-bond donors (Lipinski definition) is 2. The first-order valence-electron chi connectivity index (χ1n) is 18.2. The van der Waals surface area contributed by atoms with Gasteiger partial charge in [-0.25, -0.2) is 0 Å². The number of pyridine rings is 2. The summed E-state index contributed by atoms with van der Waals surface area (Å²) in [5.74, 6) is -1.11. The van der Waals surface area contributed by atoms with Crippen molar-refractivity contribution >= 4 is 11.6 Å². The van der Waals surface area contributed by atoms with Crippen LogP contribution in [0.4, 0.5) is 5.69 Å². The fraction of sp³-hybridized carbons (Fsp3) is 0.233. The number of anilines is 1. The van der Waals surface area contributed by atoms with Gasteiger partial charge in [0.25, 0.3) is 17.0 Å². The second-order valence-corrected chi connectivity index (χ2v) is 13.6. The number of rotatable bonds is 14. The molecule has 1 aliphatic rings. The molecule has 1 aliphatic heterocycles. The minimum Gasteiger partial charge on any atom is -0.491 e. The summed E-state index contributed by atoms with van der Waals surface area (Å²) in [5, 5.41) is 31.1. The minimum absolute atomic E-state index is 0.102. The van der Waals surface area contributed by atoms with E-state index in [0.717, 1.165) is 11.1 Å². The number of aryl methyl sites for hydroxylation is 1. The van der Waals surface area contributed by atoms with Crippen molar-refractivity contribution in [3.8, 4) is 22.9 Å². The van der Waals surface area contributed by atoms with Gasteiger partial charge in [-0.05, 0) is 72.1 Å². The highest BCUT2D eigenvalue weighted by Crippen LogP contribution is 2.46. The van der Waals surface area contributed by atoms with Gasteiger partial charge in [-0.15, -0.1) is 5.10 Å². The lowest BCUT2D eigenvalue weighted by molar-refractivity contribution is -0.139. The number of allylic oxidation sites excluding steroid dienone is 1. The second-order valence-electron chi connectivity index (χ2n) is 13.6. The van der Waals surface area contributed by atoms with Gasteiger partial charge in [0, 0.05) is 48.0 Å². The first-order chi connectivity index (χ1) is 27.2. The Morgan fingerprint density at radius 3 is 2.11 bits per heavy atom. The predicted octanol–water partition coefficient (Wildman–Crippen LogP) is 4.74. The summed E-state index contributed by atoms with van der Waals surface area (Å²) in [7, 11) is 2.87. The number of amides is 1. The largest absolute Gasteiger partial charge is 0.491 e. The average molecular weight is 755 g/mol. The lowest BCUT2D eigenvalue weighted by Gasteiger charge is -2.28. The normalized spacial score (nSPS) is 16.2. The van der Waals surface area contributed by atoms with E-state index in [1.807, 2.05) is 60.8 Å². The van der Waals surface area contributed by atoms with Crippen LogP contribution in [0.2, 0.25) is 0 Å². The number of methoxy groups -OCH3 is 2. The van der Waals surface area contributed by atoms with Gasteiger partial charge in [-0.3, -0.25) is 28.2 Å². The zero-order valence-electron chi connectivity index (χ0n) is 31.2. The second kappa shape index (κ2) is 16.0. The molecule has 1 unspecified atom stereocenters. The highest BCUT2D eigenvalue weighted by Gasteiger charge is 2.52. The summed E-state index contributed by atoms with van der Waals surface area (Å²) in [6, 6.07) is 28.6. The van der Waals surface area contributed by atoms with Crippen LogP contribution >= 0.6 is 0 Å². The first-order valence-corrected chi connectivity index (χ1v) is 18.2. The highest BCUT2D eigenvalue weighted by molar-refractivity contribution is 6.07. The average Bonchev–Trinajstić information content (AvgIpc) is 3.77. The van der Waals surface area contributed by atoms with E-state index in [-0.39, 0.29) is 41.7 Å². The lowest BCUT2D eigenvalue weighted by atomic mass is 9.82. The molecule has 0 radical (unpaired) electrons. The van der Waals surface area contributed by atoms with Crippen LogP contribution < -0.4 is 25.5 Å². The fourth-order valence-electron chi connectivity index (χ4n) is 7.14. The van der Waals surface area contributed by atoms with Gasteiger partial charge in [-0.1, -0.05) is 66.8 Å². The Bertz CT molecular complexity index is 2490. The molecular formula is C43H42N6O7. The molecule has 6 aromatic rings. The Morgan fingerprint density at radius 2 is 1.46 bits per heavy atom. The van der Waals surface area contributed by atoms with E-state index in [1.165, 1.54) is 23.4 Å². The van der Waals surface area contributed by atoms with E-state index in [9.17, 15) is 24.6 Å². The van der Waals surface area contributed by atoms with Crippen LogP contribution in [-0.4, -0.2) is 61.1 Å². The van der Waals surface area contributed by atoms with E-state index in [0.29, 0.717) is 41.3 Å². The van der Waals surface area contributed by atoms with Gasteiger partial charge in [0.15, 0.2) is 17.1 Å². The molecule has 56 heavy (non-hydrogen) atoms. The summed E-state index contributed by atoms with van der Waals surface area (Å²) >= 11 is 0. The van der Waals surface area contributed by atoms with Crippen LogP contribution in [0.25, 0.3) is 11.4 Å². The number of aliphatic hydroxyl groups is 2. The molecule has 0 aliphatic carbocycles. The Morgan fingerprint density at radius 1 is 0.821 bits per heavy atom. The van der Waals surface area contributed by atoms with Crippen LogP contribution in [0.5, 0.6) is 11.5 Å². The van der Waals surface area contributed by atoms with Crippen LogP contribution in [0.15, 0.2) is 137 Å². The van der Waals surface area contributed by atoms with Crippen LogP contribution in [0.3, 0.4) is 0 Å². The Labute approximate surface area is 322 Å². The smallest absolute Gasteiger partial charge is 0.297 e. The summed E-state index contributed by atoms with van der Waals surface area (Å²) in [6.45, 7) is 2.31. The predicted molar refractivity (Wildman–Crippen MR) is 211 cm³/mol. The van der Waals surface area contributed by atoms with E-state index < -0.39 is 17.4 Å². The van der Waals surface area contributed by atoms with E-state index in [1.54, 1.807) is 83.5 Å². The van der Waals surface area contributed by atoms with E-state index in [2.05, 4.69) is 10.3 Å². The van der Waals surface area contributed by atoms with Gasteiger partial charge in [0.05, 0.1) is 44.7 Å². The van der Waals surface area contributed by atoms with Crippen LogP contribution in [0.1, 0.15) is 41.6 Å². The van der Waals surface area contributed by atoms with Gasteiger partial charge < -0.3 is 24.6 Å². The SMILES string of the molecule is COc1cccn(-c2ccc(CN3C(=O)[C@](O)([C@H](C)/C=C/CCn4cc(C(CO)c5ccccc5)nn4)c4cc(-n5cccc(OC)c5=O)ccc43)cc2)c1=O.